The van der Waals surface area contributed by atoms with Gasteiger partial charge in [0.25, 0.3) is 0 Å². The molecule has 1 aromatic rings. The molecule has 1 aliphatic rings. The van der Waals surface area contributed by atoms with Crippen LogP contribution < -0.4 is 10.6 Å². The minimum atomic E-state index is -0.0543. The van der Waals surface area contributed by atoms with E-state index in [2.05, 4.69) is 49.3 Å². The van der Waals surface area contributed by atoms with Crippen molar-refractivity contribution in [1.82, 2.24) is 15.5 Å². The van der Waals surface area contributed by atoms with Gasteiger partial charge in [-0.2, -0.15) is 0 Å². The average Bonchev–Trinajstić information content (AvgIpc) is 2.95. The lowest BCUT2D eigenvalue weighted by atomic mass is 10.1. The number of amides is 2. The molecule has 2 atom stereocenters. The van der Waals surface area contributed by atoms with E-state index in [9.17, 15) is 4.79 Å². The molecule has 0 saturated carbocycles. The molecule has 1 saturated heterocycles. The Morgan fingerprint density at radius 3 is 2.62 bits per heavy atom. The van der Waals surface area contributed by atoms with Crippen LogP contribution in [0.1, 0.15) is 48.6 Å². The predicted molar refractivity (Wildman–Crippen MR) is 89.0 cm³/mol. The fraction of sp³-hybridized carbons (Fsp3) is 0.688. The van der Waals surface area contributed by atoms with Crippen LogP contribution in [-0.4, -0.2) is 36.1 Å². The molecule has 0 aliphatic carbocycles. The second kappa shape index (κ2) is 6.79. The van der Waals surface area contributed by atoms with Gasteiger partial charge in [-0.25, -0.2) is 4.79 Å². The van der Waals surface area contributed by atoms with E-state index in [0.29, 0.717) is 6.04 Å². The van der Waals surface area contributed by atoms with E-state index >= 15 is 0 Å². The van der Waals surface area contributed by atoms with E-state index in [1.54, 1.807) is 11.3 Å². The van der Waals surface area contributed by atoms with Crippen molar-refractivity contribution in [3.8, 4) is 0 Å². The Bertz CT molecular complexity index is 498. The van der Waals surface area contributed by atoms with Crippen molar-refractivity contribution in [3.05, 3.63) is 21.4 Å². The van der Waals surface area contributed by atoms with Crippen molar-refractivity contribution in [2.45, 2.75) is 59.2 Å². The van der Waals surface area contributed by atoms with Crippen LogP contribution in [-0.2, 0) is 0 Å². The Morgan fingerprint density at radius 2 is 2.10 bits per heavy atom. The van der Waals surface area contributed by atoms with Gasteiger partial charge in [0.2, 0.25) is 0 Å². The predicted octanol–water partition coefficient (Wildman–Crippen LogP) is 3.21. The molecule has 0 unspecified atom stereocenters. The summed E-state index contributed by atoms with van der Waals surface area (Å²) in [6.07, 6.45) is 1.04. The molecule has 5 heteroatoms. The fourth-order valence-corrected chi connectivity index (χ4v) is 3.98. The van der Waals surface area contributed by atoms with Gasteiger partial charge in [-0.05, 0) is 52.7 Å². The van der Waals surface area contributed by atoms with Gasteiger partial charge in [-0.15, -0.1) is 11.3 Å². The lowest BCUT2D eigenvalue weighted by Crippen LogP contribution is -2.44. The van der Waals surface area contributed by atoms with Crippen molar-refractivity contribution < 1.29 is 4.79 Å². The monoisotopic (exact) mass is 309 g/mol. The summed E-state index contributed by atoms with van der Waals surface area (Å²) < 4.78 is 0. The summed E-state index contributed by atoms with van der Waals surface area (Å²) in [5.41, 5.74) is 1.22. The molecule has 0 aromatic carbocycles. The quantitative estimate of drug-likeness (QED) is 0.897. The Kier molecular flexibility index (Phi) is 5.27. The fourth-order valence-electron chi connectivity index (χ4n) is 2.96. The number of rotatable bonds is 4. The molecule has 1 fully saturated rings. The van der Waals surface area contributed by atoms with Crippen molar-refractivity contribution in [3.63, 3.8) is 0 Å². The van der Waals surface area contributed by atoms with Gasteiger partial charge in [-0.1, -0.05) is 0 Å². The van der Waals surface area contributed by atoms with Crippen molar-refractivity contribution >= 4 is 17.4 Å². The summed E-state index contributed by atoms with van der Waals surface area (Å²) in [7, 11) is 0. The Labute approximate surface area is 131 Å². The maximum atomic E-state index is 12.1. The van der Waals surface area contributed by atoms with Gasteiger partial charge in [-0.3, -0.25) is 4.90 Å². The average molecular weight is 309 g/mol. The standard InChI is InChI=1S/C16H27N3OS/c1-10(2)19-7-6-14(9-19)18-16(20)17-12(4)15-8-11(3)21-13(15)5/h8,10,12,14H,6-7,9H2,1-5H3,(H2,17,18,20)/t12-,14-/m0/s1. The van der Waals surface area contributed by atoms with Gasteiger partial charge < -0.3 is 10.6 Å². The number of nitrogens with zero attached hydrogens (tertiary/aromatic N) is 1. The first kappa shape index (κ1) is 16.3. The molecule has 1 aliphatic heterocycles. The number of carbonyl (C=O) groups is 1. The highest BCUT2D eigenvalue weighted by Crippen LogP contribution is 2.26. The molecule has 118 valence electrons. The highest BCUT2D eigenvalue weighted by atomic mass is 32.1. The first-order valence-corrected chi connectivity index (χ1v) is 8.56. The smallest absolute Gasteiger partial charge is 0.315 e. The van der Waals surface area contributed by atoms with E-state index < -0.39 is 0 Å². The molecule has 0 bridgehead atoms. The molecule has 21 heavy (non-hydrogen) atoms. The van der Waals surface area contributed by atoms with Gasteiger partial charge >= 0.3 is 6.03 Å². The molecular formula is C16H27N3OS. The third-order valence-electron chi connectivity index (χ3n) is 4.18. The molecule has 0 radical (unpaired) electrons. The number of hydrogen-bond donors (Lipinski definition) is 2. The van der Waals surface area contributed by atoms with Gasteiger partial charge in [0.1, 0.15) is 0 Å². The molecule has 2 N–H and O–H groups in total. The number of thiophene rings is 1. The number of urea groups is 1. The van der Waals surface area contributed by atoms with E-state index in [1.165, 1.54) is 15.3 Å². The zero-order valence-corrected chi connectivity index (χ0v) is 14.5. The maximum Gasteiger partial charge on any atom is 0.315 e. The summed E-state index contributed by atoms with van der Waals surface area (Å²) in [6, 6.07) is 2.99. The SMILES string of the molecule is Cc1cc([C@H](C)NC(=O)N[C@H]2CCN(C(C)C)C2)c(C)s1. The molecule has 4 nitrogen and oxygen atoms in total. The van der Waals surface area contributed by atoms with Crippen molar-refractivity contribution in [2.24, 2.45) is 0 Å². The minimum Gasteiger partial charge on any atom is -0.334 e. The van der Waals surface area contributed by atoms with Crippen LogP contribution >= 0.6 is 11.3 Å². The van der Waals surface area contributed by atoms with E-state index in [1.807, 2.05) is 6.92 Å². The van der Waals surface area contributed by atoms with E-state index in [-0.39, 0.29) is 18.1 Å². The summed E-state index contributed by atoms with van der Waals surface area (Å²) in [5, 5.41) is 6.16. The van der Waals surface area contributed by atoms with Gasteiger partial charge in [0, 0.05) is 34.9 Å². The molecule has 0 spiro atoms. The van der Waals surface area contributed by atoms with Crippen LogP contribution in [0.25, 0.3) is 0 Å². The summed E-state index contributed by atoms with van der Waals surface area (Å²) in [6.45, 7) is 12.7. The van der Waals surface area contributed by atoms with Crippen molar-refractivity contribution in [1.29, 1.82) is 0 Å². The number of likely N-dealkylation sites (tertiary alicyclic amines) is 1. The molecular weight excluding hydrogens is 282 g/mol. The van der Waals surface area contributed by atoms with Crippen LogP contribution in [0, 0.1) is 13.8 Å². The van der Waals surface area contributed by atoms with Crippen LogP contribution in [0.4, 0.5) is 4.79 Å². The topological polar surface area (TPSA) is 44.4 Å². The zero-order valence-electron chi connectivity index (χ0n) is 13.7. The Hall–Kier alpha value is -1.07. The second-order valence-corrected chi connectivity index (χ2v) is 7.74. The summed E-state index contributed by atoms with van der Waals surface area (Å²) in [4.78, 5) is 17.1. The largest absolute Gasteiger partial charge is 0.334 e. The van der Waals surface area contributed by atoms with Crippen LogP contribution in [0.3, 0.4) is 0 Å². The molecule has 2 heterocycles. The number of aryl methyl sites for hydroxylation is 2. The molecule has 2 amide bonds. The molecule has 2 rings (SSSR count). The lowest BCUT2D eigenvalue weighted by Gasteiger charge is -2.21. The third kappa shape index (κ3) is 4.20. The lowest BCUT2D eigenvalue weighted by molar-refractivity contribution is 0.231. The Balaban J connectivity index is 1.83. The second-order valence-electron chi connectivity index (χ2n) is 6.28. The van der Waals surface area contributed by atoms with Gasteiger partial charge in [0.15, 0.2) is 0 Å². The number of carbonyl (C=O) groups excluding carboxylic acids is 1. The highest BCUT2D eigenvalue weighted by Gasteiger charge is 2.25. The van der Waals surface area contributed by atoms with E-state index in [0.717, 1.165) is 19.5 Å². The third-order valence-corrected chi connectivity index (χ3v) is 5.16. The van der Waals surface area contributed by atoms with Crippen LogP contribution in [0.2, 0.25) is 0 Å². The van der Waals surface area contributed by atoms with E-state index in [4.69, 9.17) is 0 Å². The minimum absolute atomic E-state index is 0.0533. The zero-order chi connectivity index (χ0) is 15.6. The highest BCUT2D eigenvalue weighted by molar-refractivity contribution is 7.12. The van der Waals surface area contributed by atoms with Gasteiger partial charge in [0.05, 0.1) is 6.04 Å². The maximum absolute atomic E-state index is 12.1. The Morgan fingerprint density at radius 1 is 1.38 bits per heavy atom. The normalized spacial score (nSPS) is 20.8. The number of hydrogen-bond acceptors (Lipinski definition) is 3. The summed E-state index contributed by atoms with van der Waals surface area (Å²) >= 11 is 1.78. The van der Waals surface area contributed by atoms with Crippen LogP contribution in [0.15, 0.2) is 6.07 Å². The van der Waals surface area contributed by atoms with Crippen molar-refractivity contribution in [2.75, 3.05) is 13.1 Å². The van der Waals surface area contributed by atoms with Crippen LogP contribution in [0.5, 0.6) is 0 Å². The first-order valence-electron chi connectivity index (χ1n) is 7.74. The molecule has 1 aromatic heterocycles. The summed E-state index contributed by atoms with van der Waals surface area (Å²) in [5.74, 6) is 0. The number of nitrogens with one attached hydrogen (secondary N) is 2. The first-order chi connectivity index (χ1) is 9.86.